The fourth-order valence-electron chi connectivity index (χ4n) is 3.71. The number of hydrogen-bond donors (Lipinski definition) is 10. The predicted molar refractivity (Wildman–Crippen MR) is 131 cm³/mol. The van der Waals surface area contributed by atoms with E-state index in [9.17, 15) is 16.8 Å². The molecule has 4 rings (SSSR count). The molecule has 0 unspecified atom stereocenters. The third kappa shape index (κ3) is 5.22. The molecule has 194 valence electrons. The molecule has 14 N–H and O–H groups in total. The van der Waals surface area contributed by atoms with Crippen LogP contribution in [0.1, 0.15) is 11.7 Å². The van der Waals surface area contributed by atoms with Crippen molar-refractivity contribution in [1.29, 1.82) is 0 Å². The molecule has 1 saturated heterocycles. The number of nitrogens with one attached hydrogen (secondary N) is 6. The minimum Gasteiger partial charge on any atom is -0.369 e. The molecule has 16 nitrogen and oxygen atoms in total. The van der Waals surface area contributed by atoms with Crippen LogP contribution in [0, 0.1) is 0 Å². The number of sulfonamides is 2. The summed E-state index contributed by atoms with van der Waals surface area (Å²) in [5, 5.41) is 5.58. The van der Waals surface area contributed by atoms with Gasteiger partial charge in [0, 0.05) is 30.9 Å². The third-order valence-electron chi connectivity index (χ3n) is 5.35. The lowest BCUT2D eigenvalue weighted by Gasteiger charge is -2.23. The van der Waals surface area contributed by atoms with Crippen molar-refractivity contribution >= 4 is 26.0 Å². The van der Waals surface area contributed by atoms with Gasteiger partial charge in [0.15, 0.2) is 5.95 Å². The Bertz CT molecular complexity index is 1460. The third-order valence-corrected chi connectivity index (χ3v) is 8.05. The zero-order valence-electron chi connectivity index (χ0n) is 18.7. The van der Waals surface area contributed by atoms with Crippen molar-refractivity contribution in [1.82, 2.24) is 41.6 Å². The van der Waals surface area contributed by atoms with Crippen LogP contribution in [-0.4, -0.2) is 50.9 Å². The van der Waals surface area contributed by atoms with Gasteiger partial charge >= 0.3 is 0 Å². The quantitative estimate of drug-likeness (QED) is 0.131. The second-order valence-corrected chi connectivity index (χ2v) is 11.0. The summed E-state index contributed by atoms with van der Waals surface area (Å²) < 4.78 is 54.6. The molecule has 3 heterocycles. The average molecular weight is 539 g/mol. The lowest BCUT2D eigenvalue weighted by molar-refractivity contribution is 0.529. The maximum absolute atomic E-state index is 13.2. The number of imidazole rings is 1. The standard InChI is InChI=1S/C18H26N12O4S2/c19-6-10(7-20)28-36(33,34)14-2-1-11(15(16(14)35(22,31)32)17-26-29-30-27-17)9-3-4-23-12(5-9)13-8-24-18(21)25-13/h1-5,8,10,17,26-30H,6-7,19-20H2,(H3,21,24,25)(H2,22,31,32). The molecule has 0 atom stereocenters. The number of aromatic amines is 1. The van der Waals surface area contributed by atoms with Gasteiger partial charge in [0.2, 0.25) is 20.0 Å². The minimum atomic E-state index is -4.59. The lowest BCUT2D eigenvalue weighted by Crippen LogP contribution is -2.45. The summed E-state index contributed by atoms with van der Waals surface area (Å²) in [5.41, 5.74) is 29.5. The molecule has 18 heteroatoms. The Labute approximate surface area is 206 Å². The van der Waals surface area contributed by atoms with Crippen LogP contribution in [0.5, 0.6) is 0 Å². The van der Waals surface area contributed by atoms with Gasteiger partial charge in [-0.05, 0) is 29.3 Å². The summed E-state index contributed by atoms with van der Waals surface area (Å²) >= 11 is 0. The highest BCUT2D eigenvalue weighted by Gasteiger charge is 2.34. The summed E-state index contributed by atoms with van der Waals surface area (Å²) in [6.45, 7) is -0.189. The molecule has 0 radical (unpaired) electrons. The SMILES string of the molecule is NCC(CN)NS(=O)(=O)c1ccc(-c2ccnc(-c3cnc(N)[nH]3)c2)c(C2NNNN2)c1S(N)(=O)=O. The largest absolute Gasteiger partial charge is 0.369 e. The summed E-state index contributed by atoms with van der Waals surface area (Å²) in [5.74, 6) is 0.196. The van der Waals surface area contributed by atoms with Crippen molar-refractivity contribution in [3.05, 3.63) is 42.2 Å². The van der Waals surface area contributed by atoms with E-state index in [0.717, 1.165) is 6.07 Å². The number of primary sulfonamides is 1. The first kappa shape index (κ1) is 26.0. The Balaban J connectivity index is 1.96. The van der Waals surface area contributed by atoms with E-state index in [-0.39, 0.29) is 24.6 Å². The highest BCUT2D eigenvalue weighted by Crippen LogP contribution is 2.37. The van der Waals surface area contributed by atoms with Crippen molar-refractivity contribution in [2.24, 2.45) is 16.6 Å². The van der Waals surface area contributed by atoms with Gasteiger partial charge in [-0.25, -0.2) is 42.5 Å². The Morgan fingerprint density at radius 3 is 2.31 bits per heavy atom. The Morgan fingerprint density at radius 1 is 1.03 bits per heavy atom. The van der Waals surface area contributed by atoms with E-state index in [1.807, 2.05) is 0 Å². The fourth-order valence-corrected chi connectivity index (χ4v) is 6.63. The fraction of sp³-hybridized carbons (Fsp3) is 0.222. The van der Waals surface area contributed by atoms with Crippen LogP contribution in [0.25, 0.3) is 22.5 Å². The molecule has 2 aromatic heterocycles. The van der Waals surface area contributed by atoms with Gasteiger partial charge < -0.3 is 22.2 Å². The number of aromatic nitrogens is 3. The van der Waals surface area contributed by atoms with E-state index < -0.39 is 42.0 Å². The number of nitrogens with zero attached hydrogens (tertiary/aromatic N) is 2. The molecule has 0 spiro atoms. The number of pyridine rings is 1. The predicted octanol–water partition coefficient (Wildman–Crippen LogP) is -2.95. The number of anilines is 1. The van der Waals surface area contributed by atoms with Gasteiger partial charge in [-0.2, -0.15) is 11.1 Å². The van der Waals surface area contributed by atoms with Gasteiger partial charge in [-0.3, -0.25) is 4.98 Å². The molecule has 1 aromatic carbocycles. The average Bonchev–Trinajstić information content (AvgIpc) is 3.53. The van der Waals surface area contributed by atoms with Crippen molar-refractivity contribution in [2.45, 2.75) is 22.0 Å². The van der Waals surface area contributed by atoms with E-state index in [0.29, 0.717) is 22.5 Å². The molecular formula is C18H26N12O4S2. The molecule has 0 saturated carbocycles. The van der Waals surface area contributed by atoms with E-state index in [2.05, 4.69) is 41.6 Å². The second kappa shape index (κ2) is 10.1. The second-order valence-electron chi connectivity index (χ2n) is 7.77. The molecule has 36 heavy (non-hydrogen) atoms. The summed E-state index contributed by atoms with van der Waals surface area (Å²) in [6, 6.07) is 5.12. The smallest absolute Gasteiger partial charge is 0.242 e. The first-order chi connectivity index (χ1) is 17.0. The number of hydrazine groups is 3. The van der Waals surface area contributed by atoms with E-state index in [1.54, 1.807) is 12.1 Å². The number of nitrogens with two attached hydrogens (primary N) is 4. The Morgan fingerprint density at radius 2 is 1.72 bits per heavy atom. The number of hydrogen-bond acceptors (Lipinski definition) is 13. The number of H-pyrrole nitrogens is 1. The maximum atomic E-state index is 13.2. The monoisotopic (exact) mass is 538 g/mol. The van der Waals surface area contributed by atoms with E-state index in [4.69, 9.17) is 22.3 Å². The van der Waals surface area contributed by atoms with Gasteiger partial charge in [-0.15, -0.1) is 0 Å². The van der Waals surface area contributed by atoms with Crippen LogP contribution >= 0.6 is 0 Å². The minimum absolute atomic E-state index is 0.0381. The molecule has 0 bridgehead atoms. The normalized spacial score (nSPS) is 15.1. The highest BCUT2D eigenvalue weighted by atomic mass is 32.2. The maximum Gasteiger partial charge on any atom is 0.242 e. The van der Waals surface area contributed by atoms with Crippen molar-refractivity contribution in [3.8, 4) is 22.5 Å². The topological polar surface area (TPSA) is 274 Å². The van der Waals surface area contributed by atoms with Crippen LogP contribution in [0.3, 0.4) is 0 Å². The molecule has 3 aromatic rings. The molecule has 0 amide bonds. The first-order valence-electron chi connectivity index (χ1n) is 10.5. The molecule has 1 fully saturated rings. The van der Waals surface area contributed by atoms with Gasteiger partial charge in [0.1, 0.15) is 16.0 Å². The summed E-state index contributed by atoms with van der Waals surface area (Å²) in [7, 11) is -8.99. The van der Waals surface area contributed by atoms with Gasteiger partial charge in [0.05, 0.1) is 17.6 Å². The molecular weight excluding hydrogens is 512 g/mol. The van der Waals surface area contributed by atoms with E-state index in [1.165, 1.54) is 18.5 Å². The lowest BCUT2D eigenvalue weighted by atomic mass is 9.97. The molecule has 1 aliphatic rings. The van der Waals surface area contributed by atoms with Crippen molar-refractivity contribution < 1.29 is 16.8 Å². The zero-order chi connectivity index (χ0) is 26.1. The van der Waals surface area contributed by atoms with Crippen LogP contribution in [0.15, 0.2) is 46.5 Å². The zero-order valence-corrected chi connectivity index (χ0v) is 20.3. The van der Waals surface area contributed by atoms with Crippen LogP contribution < -0.4 is 49.0 Å². The van der Waals surface area contributed by atoms with Gasteiger partial charge in [0.25, 0.3) is 0 Å². The highest BCUT2D eigenvalue weighted by molar-refractivity contribution is 7.92. The van der Waals surface area contributed by atoms with Crippen LogP contribution in [0.4, 0.5) is 5.95 Å². The number of nitrogen functional groups attached to an aromatic ring is 1. The van der Waals surface area contributed by atoms with Crippen LogP contribution in [-0.2, 0) is 20.0 Å². The van der Waals surface area contributed by atoms with E-state index >= 15 is 0 Å². The van der Waals surface area contributed by atoms with Crippen molar-refractivity contribution in [2.75, 3.05) is 18.8 Å². The van der Waals surface area contributed by atoms with Crippen molar-refractivity contribution in [3.63, 3.8) is 0 Å². The first-order valence-corrected chi connectivity index (χ1v) is 13.5. The summed E-state index contributed by atoms with van der Waals surface area (Å²) in [4.78, 5) is 9.96. The summed E-state index contributed by atoms with van der Waals surface area (Å²) in [6.07, 6.45) is 2.09. The Kier molecular flexibility index (Phi) is 7.33. The number of rotatable bonds is 9. The van der Waals surface area contributed by atoms with Gasteiger partial charge in [-0.1, -0.05) is 6.07 Å². The Hall–Kier alpha value is -3.04. The molecule has 0 aliphatic carbocycles. The van der Waals surface area contributed by atoms with Crippen LogP contribution in [0.2, 0.25) is 0 Å². The molecule has 1 aliphatic heterocycles. The number of benzene rings is 1.